The monoisotopic (exact) mass is 395 g/mol. The van der Waals surface area contributed by atoms with E-state index in [0.29, 0.717) is 5.69 Å². The minimum Gasteiger partial charge on any atom is -0.349 e. The molecule has 1 heterocycles. The first-order valence-corrected chi connectivity index (χ1v) is 10.9. The summed E-state index contributed by atoms with van der Waals surface area (Å²) in [4.78, 5) is 41.2. The summed E-state index contributed by atoms with van der Waals surface area (Å²) >= 11 is 0. The van der Waals surface area contributed by atoms with E-state index in [-0.39, 0.29) is 23.9 Å². The minimum atomic E-state index is -0.599. The molecule has 4 aliphatic carbocycles. The van der Waals surface area contributed by atoms with Crippen LogP contribution in [0.3, 0.4) is 0 Å². The number of urea groups is 1. The number of hydrogen-bond donors (Lipinski definition) is 1. The van der Waals surface area contributed by atoms with Crippen LogP contribution in [-0.2, 0) is 9.59 Å². The smallest absolute Gasteiger partial charge is 0.332 e. The lowest BCUT2D eigenvalue weighted by Crippen LogP contribution is -2.61. The van der Waals surface area contributed by atoms with Gasteiger partial charge in [-0.15, -0.1) is 0 Å². The van der Waals surface area contributed by atoms with Crippen molar-refractivity contribution in [3.63, 3.8) is 0 Å². The molecule has 6 nitrogen and oxygen atoms in total. The van der Waals surface area contributed by atoms with Gasteiger partial charge in [0.05, 0.1) is 0 Å². The van der Waals surface area contributed by atoms with Gasteiger partial charge in [-0.25, -0.2) is 4.79 Å². The summed E-state index contributed by atoms with van der Waals surface area (Å²) in [6.45, 7) is 3.51. The SMILES string of the molecule is Cc1ccc(N2C(=O)N(CC(=O)NC34CC5CC(CC(C5)C3)C4)C(=O)[C@@H]2C)cc1. The molecular formula is C23H29N3O3. The first-order valence-electron chi connectivity index (χ1n) is 10.9. The van der Waals surface area contributed by atoms with Crippen molar-refractivity contribution in [3.8, 4) is 0 Å². The van der Waals surface area contributed by atoms with Gasteiger partial charge in [-0.2, -0.15) is 0 Å². The molecule has 1 aromatic rings. The van der Waals surface area contributed by atoms with Crippen molar-refractivity contribution in [2.24, 2.45) is 17.8 Å². The average molecular weight is 396 g/mol. The van der Waals surface area contributed by atoms with Gasteiger partial charge < -0.3 is 5.32 Å². The number of carbonyl (C=O) groups is 3. The third-order valence-corrected chi connectivity index (χ3v) is 7.50. The van der Waals surface area contributed by atoms with Crippen LogP contribution in [0.25, 0.3) is 0 Å². The Labute approximate surface area is 171 Å². The third-order valence-electron chi connectivity index (χ3n) is 7.50. The van der Waals surface area contributed by atoms with Crippen molar-refractivity contribution in [2.45, 2.75) is 64.0 Å². The van der Waals surface area contributed by atoms with Gasteiger partial charge in [-0.05, 0) is 82.3 Å². The van der Waals surface area contributed by atoms with Crippen LogP contribution in [0.5, 0.6) is 0 Å². The number of imide groups is 1. The Balaban J connectivity index is 1.29. The first-order chi connectivity index (χ1) is 13.8. The first kappa shape index (κ1) is 18.6. The van der Waals surface area contributed by atoms with Gasteiger partial charge in [0.2, 0.25) is 5.91 Å². The molecule has 6 heteroatoms. The normalized spacial score (nSPS) is 35.5. The molecule has 0 unspecified atom stereocenters. The van der Waals surface area contributed by atoms with Gasteiger partial charge in [0.25, 0.3) is 5.91 Å². The number of aryl methyl sites for hydroxylation is 1. The molecular weight excluding hydrogens is 366 g/mol. The molecule has 1 aliphatic heterocycles. The highest BCUT2D eigenvalue weighted by Crippen LogP contribution is 2.55. The van der Waals surface area contributed by atoms with Gasteiger partial charge in [0.15, 0.2) is 0 Å². The average Bonchev–Trinajstić information content (AvgIpc) is 2.84. The van der Waals surface area contributed by atoms with E-state index in [1.165, 1.54) is 24.2 Å². The molecule has 1 atom stereocenters. The number of nitrogens with one attached hydrogen (secondary N) is 1. The molecule has 1 aromatic carbocycles. The molecule has 1 N–H and O–H groups in total. The van der Waals surface area contributed by atoms with E-state index in [0.717, 1.165) is 47.5 Å². The Morgan fingerprint density at radius 3 is 2.14 bits per heavy atom. The van der Waals surface area contributed by atoms with Crippen molar-refractivity contribution in [3.05, 3.63) is 29.8 Å². The Morgan fingerprint density at radius 2 is 1.59 bits per heavy atom. The molecule has 4 bridgehead atoms. The fourth-order valence-electron chi connectivity index (χ4n) is 6.65. The van der Waals surface area contributed by atoms with Crippen molar-refractivity contribution in [1.29, 1.82) is 0 Å². The number of amides is 4. The second-order valence-corrected chi connectivity index (χ2v) is 9.83. The highest BCUT2D eigenvalue weighted by molar-refractivity contribution is 6.15. The number of rotatable bonds is 4. The van der Waals surface area contributed by atoms with Crippen LogP contribution in [0.2, 0.25) is 0 Å². The Hall–Kier alpha value is -2.37. The summed E-state index contributed by atoms with van der Waals surface area (Å²) in [5.41, 5.74) is 1.66. The lowest BCUT2D eigenvalue weighted by Gasteiger charge is -2.56. The van der Waals surface area contributed by atoms with Crippen LogP contribution in [0.1, 0.15) is 51.0 Å². The maximum atomic E-state index is 13.0. The topological polar surface area (TPSA) is 69.7 Å². The molecule has 5 fully saturated rings. The second kappa shape index (κ2) is 6.57. The van der Waals surface area contributed by atoms with E-state index in [1.807, 2.05) is 31.2 Å². The Kier molecular flexibility index (Phi) is 4.23. The molecule has 5 aliphatic rings. The lowest BCUT2D eigenvalue weighted by molar-refractivity contribution is -0.134. The van der Waals surface area contributed by atoms with Gasteiger partial charge in [0.1, 0.15) is 12.6 Å². The summed E-state index contributed by atoms with van der Waals surface area (Å²) in [5.74, 6) is 1.68. The fraction of sp³-hybridized carbons (Fsp3) is 0.609. The number of carbonyl (C=O) groups excluding carboxylic acids is 3. The molecule has 4 amide bonds. The number of benzene rings is 1. The van der Waals surface area contributed by atoms with Crippen molar-refractivity contribution >= 4 is 23.5 Å². The van der Waals surface area contributed by atoms with Gasteiger partial charge in [0, 0.05) is 11.2 Å². The largest absolute Gasteiger partial charge is 0.349 e. The summed E-state index contributed by atoms with van der Waals surface area (Å²) in [5, 5.41) is 3.27. The maximum Gasteiger partial charge on any atom is 0.332 e. The Bertz CT molecular complexity index is 827. The molecule has 0 radical (unpaired) electrons. The quantitative estimate of drug-likeness (QED) is 0.796. The number of anilines is 1. The van der Waals surface area contributed by atoms with Crippen LogP contribution in [0.15, 0.2) is 24.3 Å². The van der Waals surface area contributed by atoms with Gasteiger partial charge in [-0.3, -0.25) is 19.4 Å². The van der Waals surface area contributed by atoms with Crippen molar-refractivity contribution in [2.75, 3.05) is 11.4 Å². The second-order valence-electron chi connectivity index (χ2n) is 9.83. The summed E-state index contributed by atoms with van der Waals surface area (Å²) in [6.07, 6.45) is 7.08. The van der Waals surface area contributed by atoms with Crippen LogP contribution in [0.4, 0.5) is 10.5 Å². The van der Waals surface area contributed by atoms with Crippen LogP contribution in [-0.4, -0.2) is 40.9 Å². The van der Waals surface area contributed by atoms with E-state index in [4.69, 9.17) is 0 Å². The lowest BCUT2D eigenvalue weighted by atomic mass is 9.53. The predicted molar refractivity (Wildman–Crippen MR) is 109 cm³/mol. The van der Waals surface area contributed by atoms with E-state index < -0.39 is 12.1 Å². The molecule has 1 saturated heterocycles. The zero-order valence-electron chi connectivity index (χ0n) is 17.2. The maximum absolute atomic E-state index is 13.0. The summed E-state index contributed by atoms with van der Waals surface area (Å²) in [6, 6.07) is 6.51. The van der Waals surface area contributed by atoms with Crippen LogP contribution >= 0.6 is 0 Å². The predicted octanol–water partition coefficient (Wildman–Crippen LogP) is 3.24. The standard InChI is InChI=1S/C23H29N3O3/c1-14-3-5-19(6-4-14)26-15(2)21(28)25(22(26)29)13-20(27)24-23-10-16-7-17(11-23)9-18(8-16)12-23/h3-6,15-18H,7-13H2,1-2H3,(H,24,27)/t15-,16?,17?,18?,23?/m0/s1. The molecule has 6 rings (SSSR count). The molecule has 0 aromatic heterocycles. The highest BCUT2D eigenvalue weighted by Gasteiger charge is 2.52. The van der Waals surface area contributed by atoms with Crippen molar-refractivity contribution in [1.82, 2.24) is 10.2 Å². The summed E-state index contributed by atoms with van der Waals surface area (Å²) in [7, 11) is 0. The zero-order valence-corrected chi connectivity index (χ0v) is 17.2. The van der Waals surface area contributed by atoms with E-state index in [1.54, 1.807) is 6.92 Å². The molecule has 154 valence electrons. The van der Waals surface area contributed by atoms with E-state index >= 15 is 0 Å². The van der Waals surface area contributed by atoms with E-state index in [2.05, 4.69) is 5.32 Å². The van der Waals surface area contributed by atoms with E-state index in [9.17, 15) is 14.4 Å². The summed E-state index contributed by atoms with van der Waals surface area (Å²) < 4.78 is 0. The zero-order chi connectivity index (χ0) is 20.3. The fourth-order valence-corrected chi connectivity index (χ4v) is 6.65. The Morgan fingerprint density at radius 1 is 1.03 bits per heavy atom. The third kappa shape index (κ3) is 3.13. The van der Waals surface area contributed by atoms with Gasteiger partial charge >= 0.3 is 6.03 Å². The molecule has 0 spiro atoms. The van der Waals surface area contributed by atoms with Gasteiger partial charge in [-0.1, -0.05) is 17.7 Å². The molecule has 4 saturated carbocycles. The van der Waals surface area contributed by atoms with Crippen LogP contribution < -0.4 is 10.2 Å². The molecule has 29 heavy (non-hydrogen) atoms. The van der Waals surface area contributed by atoms with Crippen LogP contribution in [0, 0.1) is 24.7 Å². The number of nitrogens with zero attached hydrogens (tertiary/aromatic N) is 2. The number of hydrogen-bond acceptors (Lipinski definition) is 3. The highest BCUT2D eigenvalue weighted by atomic mass is 16.2. The van der Waals surface area contributed by atoms with Crippen molar-refractivity contribution < 1.29 is 14.4 Å². The minimum absolute atomic E-state index is 0.111.